The van der Waals surface area contributed by atoms with Crippen LogP contribution in [0.3, 0.4) is 0 Å². The molecule has 2 unspecified atom stereocenters. The van der Waals surface area contributed by atoms with Crippen molar-refractivity contribution in [2.75, 3.05) is 31.2 Å². The number of anilines is 1. The number of rotatable bonds is 9. The third-order valence-corrected chi connectivity index (χ3v) is 10.9. The first-order valence-corrected chi connectivity index (χ1v) is 15.9. The lowest BCUT2D eigenvalue weighted by atomic mass is 9.78. The Bertz CT molecular complexity index is 1220. The van der Waals surface area contributed by atoms with Gasteiger partial charge in [0.05, 0.1) is 35.8 Å². The fourth-order valence-corrected chi connectivity index (χ4v) is 9.16. The van der Waals surface area contributed by atoms with Gasteiger partial charge in [-0.1, -0.05) is 51.5 Å². The van der Waals surface area contributed by atoms with Crippen molar-refractivity contribution < 1.29 is 24.2 Å². The molecular weight excluding hydrogens is 538 g/mol. The third kappa shape index (κ3) is 4.88. The molecule has 1 spiro atoms. The summed E-state index contributed by atoms with van der Waals surface area (Å²) in [6, 6.07) is 6.18. The van der Waals surface area contributed by atoms with Crippen LogP contribution >= 0.6 is 11.8 Å². The number of hydrogen-bond donors (Lipinski definition) is 1. The van der Waals surface area contributed by atoms with E-state index in [2.05, 4.69) is 19.9 Å². The molecule has 2 saturated heterocycles. The van der Waals surface area contributed by atoms with Crippen molar-refractivity contribution >= 4 is 35.2 Å². The summed E-state index contributed by atoms with van der Waals surface area (Å²) in [7, 11) is 0. The fraction of sp³-hybridized carbons (Fsp3) is 0.594. The van der Waals surface area contributed by atoms with Crippen LogP contribution in [0.2, 0.25) is 0 Å². The Hall–Kier alpha value is -2.78. The van der Waals surface area contributed by atoms with Gasteiger partial charge in [0, 0.05) is 30.1 Å². The summed E-state index contributed by atoms with van der Waals surface area (Å²) >= 11 is 1.58. The van der Waals surface area contributed by atoms with E-state index in [0.717, 1.165) is 24.3 Å². The Labute approximate surface area is 247 Å². The highest BCUT2D eigenvalue weighted by Gasteiger charge is 2.72. The highest BCUT2D eigenvalue weighted by Crippen LogP contribution is 2.61. The van der Waals surface area contributed by atoms with Gasteiger partial charge in [-0.25, -0.2) is 0 Å². The monoisotopic (exact) mass is 581 g/mol. The van der Waals surface area contributed by atoms with E-state index in [9.17, 15) is 19.5 Å². The summed E-state index contributed by atoms with van der Waals surface area (Å²) in [6.07, 6.45) is 9.93. The molecule has 4 heterocycles. The summed E-state index contributed by atoms with van der Waals surface area (Å²) in [6.45, 7) is 11.2. The maximum atomic E-state index is 14.6. The minimum absolute atomic E-state index is 0.0171. The second-order valence-corrected chi connectivity index (χ2v) is 13.4. The molecule has 222 valence electrons. The van der Waals surface area contributed by atoms with E-state index in [-0.39, 0.29) is 41.5 Å². The van der Waals surface area contributed by atoms with Crippen LogP contribution in [0.25, 0.3) is 0 Å². The Morgan fingerprint density at radius 1 is 1.02 bits per heavy atom. The Kier molecular flexibility index (Phi) is 8.58. The maximum absolute atomic E-state index is 14.6. The fourth-order valence-electron chi connectivity index (χ4n) is 7.16. The molecule has 2 fully saturated rings. The maximum Gasteiger partial charge on any atom is 0.247 e. The van der Waals surface area contributed by atoms with Crippen LogP contribution in [0.5, 0.6) is 5.75 Å². The van der Waals surface area contributed by atoms with Gasteiger partial charge in [-0.3, -0.25) is 14.4 Å². The van der Waals surface area contributed by atoms with Gasteiger partial charge in [-0.05, 0) is 50.5 Å². The number of ether oxygens (including phenoxy) is 1. The van der Waals surface area contributed by atoms with Gasteiger partial charge in [-0.2, -0.15) is 0 Å². The van der Waals surface area contributed by atoms with Crippen molar-refractivity contribution in [2.45, 2.75) is 75.6 Å². The van der Waals surface area contributed by atoms with Crippen molar-refractivity contribution in [1.82, 2.24) is 9.80 Å². The van der Waals surface area contributed by atoms with E-state index in [1.807, 2.05) is 68.2 Å². The van der Waals surface area contributed by atoms with Crippen molar-refractivity contribution in [3.63, 3.8) is 0 Å². The number of amides is 3. The minimum atomic E-state index is -0.895. The SMILES string of the molecule is CCCC(C)N1CC=C[C@]23S[C@H]4C=CCN(c5ccc(OCC)cc5)C(=O)[C@H]4[C@H]2C(=O)N([C@@H](CO)C(C)C)C3C1=O. The average molecular weight is 582 g/mol. The number of hydrogen-bond acceptors (Lipinski definition) is 6. The molecule has 5 rings (SSSR count). The van der Waals surface area contributed by atoms with Gasteiger partial charge in [0.15, 0.2) is 0 Å². The Morgan fingerprint density at radius 3 is 2.39 bits per heavy atom. The van der Waals surface area contributed by atoms with E-state index in [0.29, 0.717) is 19.7 Å². The number of carbonyl (C=O) groups is 3. The molecular formula is C32H43N3O5S. The zero-order valence-electron chi connectivity index (χ0n) is 24.7. The first kappa shape index (κ1) is 29.7. The molecule has 7 atom stereocenters. The molecule has 0 aliphatic carbocycles. The van der Waals surface area contributed by atoms with Crippen LogP contribution in [0.15, 0.2) is 48.6 Å². The lowest BCUT2D eigenvalue weighted by molar-refractivity contribution is -0.147. The molecule has 0 aromatic heterocycles. The standard InChI is InChI=1S/C32H43N3O5S/c1-6-10-21(5)33-18-9-16-32-27(30(38)35(28(32)31(33)39)24(19-36)20(3)4)26-25(41-32)11-8-17-34(29(26)37)22-12-14-23(15-13-22)40-7-2/h8-9,11-16,20-21,24-28,36H,6-7,10,17-19H2,1-5H3/t21?,24-,25-,26+,27-,28?,32-/m0/s1. The second-order valence-electron chi connectivity index (χ2n) is 11.9. The quantitative estimate of drug-likeness (QED) is 0.445. The predicted molar refractivity (Wildman–Crippen MR) is 162 cm³/mol. The third-order valence-electron chi connectivity index (χ3n) is 9.14. The van der Waals surface area contributed by atoms with Crippen molar-refractivity contribution in [1.29, 1.82) is 0 Å². The van der Waals surface area contributed by atoms with E-state index >= 15 is 0 Å². The predicted octanol–water partition coefficient (Wildman–Crippen LogP) is 3.89. The summed E-state index contributed by atoms with van der Waals surface area (Å²) in [4.78, 5) is 48.7. The second kappa shape index (κ2) is 11.8. The van der Waals surface area contributed by atoms with E-state index in [4.69, 9.17) is 4.74 Å². The van der Waals surface area contributed by atoms with Crippen molar-refractivity contribution in [2.24, 2.45) is 17.8 Å². The van der Waals surface area contributed by atoms with Gasteiger partial charge < -0.3 is 24.5 Å². The zero-order chi connectivity index (χ0) is 29.5. The van der Waals surface area contributed by atoms with E-state index in [1.165, 1.54) is 0 Å². The molecule has 4 aliphatic heterocycles. The highest BCUT2D eigenvalue weighted by molar-refractivity contribution is 8.02. The summed E-state index contributed by atoms with van der Waals surface area (Å²) in [5.41, 5.74) is 0.746. The molecule has 8 nitrogen and oxygen atoms in total. The normalized spacial score (nSPS) is 30.7. The van der Waals surface area contributed by atoms with E-state index in [1.54, 1.807) is 21.6 Å². The molecule has 0 radical (unpaired) electrons. The largest absolute Gasteiger partial charge is 0.494 e. The van der Waals surface area contributed by atoms with Gasteiger partial charge in [0.2, 0.25) is 17.7 Å². The van der Waals surface area contributed by atoms with Gasteiger partial charge in [-0.15, -0.1) is 11.8 Å². The number of likely N-dealkylation sites (tertiary alicyclic amines) is 1. The van der Waals surface area contributed by atoms with Crippen molar-refractivity contribution in [3.8, 4) is 5.75 Å². The van der Waals surface area contributed by atoms with Crippen molar-refractivity contribution in [3.05, 3.63) is 48.6 Å². The topological polar surface area (TPSA) is 90.4 Å². The number of aliphatic hydroxyl groups is 1. The number of thioether (sulfide) groups is 1. The number of aliphatic hydroxyl groups excluding tert-OH is 1. The molecule has 3 amide bonds. The smallest absolute Gasteiger partial charge is 0.247 e. The number of fused-ring (bicyclic) bond motifs is 2. The van der Waals surface area contributed by atoms with Crippen LogP contribution in [0, 0.1) is 17.8 Å². The molecule has 9 heteroatoms. The summed E-state index contributed by atoms with van der Waals surface area (Å²) < 4.78 is 4.70. The molecule has 0 bridgehead atoms. The lowest BCUT2D eigenvalue weighted by Crippen LogP contribution is -2.58. The van der Waals surface area contributed by atoms with Gasteiger partial charge >= 0.3 is 0 Å². The van der Waals surface area contributed by atoms with Crippen LogP contribution in [0.4, 0.5) is 5.69 Å². The molecule has 4 aliphatic rings. The van der Waals surface area contributed by atoms with Crippen LogP contribution in [0.1, 0.15) is 47.5 Å². The minimum Gasteiger partial charge on any atom is -0.494 e. The first-order chi connectivity index (χ1) is 19.7. The lowest BCUT2D eigenvalue weighted by Gasteiger charge is -2.41. The summed E-state index contributed by atoms with van der Waals surface area (Å²) in [5.74, 6) is -1.08. The van der Waals surface area contributed by atoms with Crippen LogP contribution in [-0.2, 0) is 14.4 Å². The van der Waals surface area contributed by atoms with E-state index < -0.39 is 28.7 Å². The molecule has 0 saturated carbocycles. The van der Waals surface area contributed by atoms with Crippen LogP contribution < -0.4 is 9.64 Å². The zero-order valence-corrected chi connectivity index (χ0v) is 25.5. The molecule has 41 heavy (non-hydrogen) atoms. The number of benzene rings is 1. The first-order valence-electron chi connectivity index (χ1n) is 15.0. The van der Waals surface area contributed by atoms with Gasteiger partial charge in [0.1, 0.15) is 11.8 Å². The number of carbonyl (C=O) groups excluding carboxylic acids is 3. The van der Waals surface area contributed by atoms with Gasteiger partial charge in [0.25, 0.3) is 0 Å². The summed E-state index contributed by atoms with van der Waals surface area (Å²) in [5, 5.41) is 10.2. The average Bonchev–Trinajstić information content (AvgIpc) is 3.25. The van der Waals surface area contributed by atoms with Crippen LogP contribution in [-0.4, -0.2) is 87.1 Å². The Balaban J connectivity index is 1.58. The Morgan fingerprint density at radius 2 is 1.76 bits per heavy atom. The highest BCUT2D eigenvalue weighted by atomic mass is 32.2. The molecule has 1 aromatic carbocycles. The molecule has 1 N–H and O–H groups in total. The molecule has 1 aromatic rings. The number of nitrogens with zero attached hydrogens (tertiary/aromatic N) is 3.